The van der Waals surface area contributed by atoms with Gasteiger partial charge in [0.1, 0.15) is 5.78 Å². The largest absolute Gasteiger partial charge is 0.375 e. The highest BCUT2D eigenvalue weighted by Gasteiger charge is 2.32. The molecule has 0 aromatic heterocycles. The summed E-state index contributed by atoms with van der Waals surface area (Å²) < 4.78 is 6.02. The van der Waals surface area contributed by atoms with E-state index in [0.29, 0.717) is 18.6 Å². The Balaban J connectivity index is 2.40. The summed E-state index contributed by atoms with van der Waals surface area (Å²) in [5.41, 5.74) is 0.199. The molecular formula is C13H24O2. The van der Waals surface area contributed by atoms with Crippen molar-refractivity contribution in [1.29, 1.82) is 0 Å². The summed E-state index contributed by atoms with van der Waals surface area (Å²) in [6.07, 6.45) is 4.31. The molecule has 0 aromatic carbocycles. The molecule has 0 bridgehead atoms. The van der Waals surface area contributed by atoms with E-state index in [1.165, 1.54) is 0 Å². The first-order chi connectivity index (χ1) is 6.87. The molecule has 0 heterocycles. The zero-order chi connectivity index (χ0) is 11.5. The van der Waals surface area contributed by atoms with Gasteiger partial charge < -0.3 is 4.74 Å². The van der Waals surface area contributed by atoms with E-state index in [4.69, 9.17) is 4.74 Å². The van der Waals surface area contributed by atoms with Crippen LogP contribution in [0.2, 0.25) is 0 Å². The van der Waals surface area contributed by atoms with Crippen molar-refractivity contribution in [3.8, 4) is 0 Å². The lowest BCUT2D eigenvalue weighted by Gasteiger charge is -2.36. The maximum absolute atomic E-state index is 11.2. The van der Waals surface area contributed by atoms with Gasteiger partial charge in [-0.05, 0) is 31.6 Å². The fourth-order valence-electron chi connectivity index (χ4n) is 1.67. The van der Waals surface area contributed by atoms with E-state index in [0.717, 1.165) is 25.9 Å². The van der Waals surface area contributed by atoms with Crippen LogP contribution < -0.4 is 0 Å². The van der Waals surface area contributed by atoms with Crippen LogP contribution in [0.1, 0.15) is 59.8 Å². The fourth-order valence-corrected chi connectivity index (χ4v) is 1.67. The number of hydrogen-bond acceptors (Lipinski definition) is 2. The van der Waals surface area contributed by atoms with Crippen LogP contribution in [-0.4, -0.2) is 18.0 Å². The van der Waals surface area contributed by atoms with Gasteiger partial charge in [0.05, 0.1) is 12.2 Å². The van der Waals surface area contributed by atoms with E-state index in [-0.39, 0.29) is 11.0 Å². The Morgan fingerprint density at radius 1 is 1.33 bits per heavy atom. The molecule has 0 spiro atoms. The Hall–Kier alpha value is -0.370. The molecule has 0 aliphatic heterocycles. The number of rotatable bonds is 4. The van der Waals surface area contributed by atoms with E-state index >= 15 is 0 Å². The molecule has 1 aliphatic rings. The van der Waals surface area contributed by atoms with Crippen molar-refractivity contribution in [1.82, 2.24) is 0 Å². The molecule has 0 unspecified atom stereocenters. The van der Waals surface area contributed by atoms with Crippen LogP contribution in [0.4, 0.5) is 0 Å². The van der Waals surface area contributed by atoms with Gasteiger partial charge in [0.2, 0.25) is 0 Å². The van der Waals surface area contributed by atoms with Crippen LogP contribution in [0, 0.1) is 5.41 Å². The second-order valence-electron chi connectivity index (χ2n) is 5.80. The summed E-state index contributed by atoms with van der Waals surface area (Å²) in [6.45, 7) is 9.59. The summed E-state index contributed by atoms with van der Waals surface area (Å²) >= 11 is 0. The molecule has 0 aromatic rings. The van der Waals surface area contributed by atoms with Gasteiger partial charge in [-0.25, -0.2) is 0 Å². The summed E-state index contributed by atoms with van der Waals surface area (Å²) in [6, 6.07) is 0. The highest BCUT2D eigenvalue weighted by Crippen LogP contribution is 2.32. The highest BCUT2D eigenvalue weighted by atomic mass is 16.5. The molecule has 0 N–H and O–H groups in total. The van der Waals surface area contributed by atoms with Crippen molar-refractivity contribution in [2.75, 3.05) is 6.61 Å². The predicted octanol–water partition coefficient (Wildman–Crippen LogP) is 3.34. The lowest BCUT2D eigenvalue weighted by molar-refractivity contribution is -0.131. The minimum atomic E-state index is -0.0552. The lowest BCUT2D eigenvalue weighted by Crippen LogP contribution is -2.37. The molecule has 0 saturated heterocycles. The van der Waals surface area contributed by atoms with Crippen molar-refractivity contribution in [3.05, 3.63) is 0 Å². The average molecular weight is 212 g/mol. The summed E-state index contributed by atoms with van der Waals surface area (Å²) in [5, 5.41) is 0. The predicted molar refractivity (Wildman–Crippen MR) is 61.9 cm³/mol. The lowest BCUT2D eigenvalue weighted by atomic mass is 9.84. The second-order valence-corrected chi connectivity index (χ2v) is 5.80. The van der Waals surface area contributed by atoms with Crippen LogP contribution >= 0.6 is 0 Å². The molecule has 0 amide bonds. The van der Waals surface area contributed by atoms with Gasteiger partial charge >= 0.3 is 0 Å². The van der Waals surface area contributed by atoms with E-state index < -0.39 is 0 Å². The first-order valence-electron chi connectivity index (χ1n) is 6.03. The number of ether oxygens (including phenoxy) is 1. The fraction of sp³-hybridized carbons (Fsp3) is 0.923. The number of carbonyl (C=O) groups is 1. The van der Waals surface area contributed by atoms with Gasteiger partial charge in [-0.1, -0.05) is 20.8 Å². The minimum Gasteiger partial charge on any atom is -0.375 e. The van der Waals surface area contributed by atoms with Crippen molar-refractivity contribution < 1.29 is 9.53 Å². The monoisotopic (exact) mass is 212 g/mol. The average Bonchev–Trinajstić information content (AvgIpc) is 2.21. The molecule has 1 rings (SSSR count). The molecule has 2 nitrogen and oxygen atoms in total. The van der Waals surface area contributed by atoms with Crippen LogP contribution in [0.5, 0.6) is 0 Å². The summed E-state index contributed by atoms with van der Waals surface area (Å²) in [5.74, 6) is 0.394. The molecule has 1 aliphatic carbocycles. The second kappa shape index (κ2) is 4.65. The molecule has 1 fully saturated rings. The van der Waals surface area contributed by atoms with E-state index in [9.17, 15) is 4.79 Å². The zero-order valence-corrected chi connectivity index (χ0v) is 10.6. The van der Waals surface area contributed by atoms with Gasteiger partial charge in [0.15, 0.2) is 0 Å². The van der Waals surface area contributed by atoms with Crippen LogP contribution in [0.25, 0.3) is 0 Å². The highest BCUT2D eigenvalue weighted by molar-refractivity contribution is 5.79. The van der Waals surface area contributed by atoms with Gasteiger partial charge in [0.25, 0.3) is 0 Å². The zero-order valence-electron chi connectivity index (χ0n) is 10.6. The van der Waals surface area contributed by atoms with Gasteiger partial charge in [0, 0.05) is 12.8 Å². The Bertz CT molecular complexity index is 221. The van der Waals surface area contributed by atoms with Crippen LogP contribution in [0.15, 0.2) is 0 Å². The topological polar surface area (TPSA) is 26.3 Å². The molecule has 0 atom stereocenters. The Morgan fingerprint density at radius 3 is 2.33 bits per heavy atom. The number of ketones is 1. The van der Waals surface area contributed by atoms with E-state index in [1.807, 2.05) is 0 Å². The molecule has 2 heteroatoms. The quantitative estimate of drug-likeness (QED) is 0.714. The maximum atomic E-state index is 11.2. The van der Waals surface area contributed by atoms with E-state index in [1.54, 1.807) is 0 Å². The molecule has 1 saturated carbocycles. The van der Waals surface area contributed by atoms with Crippen LogP contribution in [-0.2, 0) is 9.53 Å². The number of hydrogen-bond donors (Lipinski definition) is 0. The third-order valence-electron chi connectivity index (χ3n) is 3.63. The third kappa shape index (κ3) is 3.94. The Morgan fingerprint density at radius 2 is 1.87 bits per heavy atom. The smallest absolute Gasteiger partial charge is 0.133 e. The Labute approximate surface area is 93.4 Å². The van der Waals surface area contributed by atoms with Gasteiger partial charge in [-0.2, -0.15) is 0 Å². The summed E-state index contributed by atoms with van der Waals surface area (Å²) in [7, 11) is 0. The van der Waals surface area contributed by atoms with Crippen molar-refractivity contribution in [3.63, 3.8) is 0 Å². The number of Topliss-reactive ketones (excluding diaryl/α,β-unsaturated/α-hetero) is 1. The minimum absolute atomic E-state index is 0.0552. The van der Waals surface area contributed by atoms with Crippen molar-refractivity contribution in [2.24, 2.45) is 5.41 Å². The molecule has 88 valence electrons. The maximum Gasteiger partial charge on any atom is 0.133 e. The molecular weight excluding hydrogens is 188 g/mol. The normalized spacial score (nSPS) is 21.7. The first kappa shape index (κ1) is 12.7. The van der Waals surface area contributed by atoms with Crippen molar-refractivity contribution in [2.45, 2.75) is 65.4 Å². The van der Waals surface area contributed by atoms with E-state index in [2.05, 4.69) is 27.7 Å². The Kier molecular flexibility index (Phi) is 3.93. The number of carbonyl (C=O) groups excluding carboxylic acids is 1. The molecule has 15 heavy (non-hydrogen) atoms. The molecule has 0 radical (unpaired) electrons. The summed E-state index contributed by atoms with van der Waals surface area (Å²) in [4.78, 5) is 11.2. The standard InChI is InChI=1S/C13H24O2/c1-5-12(2,3)10-15-13(4)8-6-11(14)7-9-13/h5-10H2,1-4H3. The van der Waals surface area contributed by atoms with Gasteiger partial charge in [-0.3, -0.25) is 4.79 Å². The van der Waals surface area contributed by atoms with Crippen molar-refractivity contribution >= 4 is 5.78 Å². The first-order valence-corrected chi connectivity index (χ1v) is 6.03. The van der Waals surface area contributed by atoms with Gasteiger partial charge in [-0.15, -0.1) is 0 Å². The SMILES string of the molecule is CCC(C)(C)COC1(C)CCC(=O)CC1. The third-order valence-corrected chi connectivity index (χ3v) is 3.63. The van der Waals surface area contributed by atoms with Crippen LogP contribution in [0.3, 0.4) is 0 Å².